The number of amides is 2. The molecule has 2 aromatic rings. The number of anilines is 1. The van der Waals surface area contributed by atoms with Gasteiger partial charge in [-0.25, -0.2) is 8.78 Å². The van der Waals surface area contributed by atoms with Crippen molar-refractivity contribution in [1.82, 2.24) is 0 Å². The Hall–Kier alpha value is -2.47. The summed E-state index contributed by atoms with van der Waals surface area (Å²) in [4.78, 5) is 25.5. The average molecular weight is 337 g/mol. The van der Waals surface area contributed by atoms with Crippen LogP contribution in [0.1, 0.15) is 15.9 Å². The van der Waals surface area contributed by atoms with Gasteiger partial charge in [-0.3, -0.25) is 14.5 Å². The summed E-state index contributed by atoms with van der Waals surface area (Å²) in [7, 11) is 0. The van der Waals surface area contributed by atoms with Crippen LogP contribution in [0.4, 0.5) is 14.5 Å². The summed E-state index contributed by atoms with van der Waals surface area (Å²) in [5.74, 6) is -3.63. The first-order valence-corrected chi connectivity index (χ1v) is 7.14. The molecule has 0 spiro atoms. The summed E-state index contributed by atoms with van der Waals surface area (Å²) in [6.45, 7) is 0. The zero-order valence-electron chi connectivity index (χ0n) is 11.7. The zero-order valence-corrected chi connectivity index (χ0v) is 12.5. The van der Waals surface area contributed by atoms with E-state index >= 15 is 0 Å². The van der Waals surface area contributed by atoms with Gasteiger partial charge in [-0.1, -0.05) is 29.8 Å². The van der Waals surface area contributed by atoms with Crippen molar-refractivity contribution in [3.8, 4) is 0 Å². The molecule has 1 aliphatic rings. The Morgan fingerprint density at radius 2 is 1.87 bits per heavy atom. The highest BCUT2D eigenvalue weighted by molar-refractivity contribution is 6.31. The van der Waals surface area contributed by atoms with Gasteiger partial charge in [0.15, 0.2) is 5.82 Å². The minimum Gasteiger partial charge on any atom is -0.368 e. The Bertz CT molecular complexity index is 826. The highest BCUT2D eigenvalue weighted by atomic mass is 35.5. The van der Waals surface area contributed by atoms with Gasteiger partial charge in [-0.15, -0.1) is 0 Å². The molecule has 0 radical (unpaired) electrons. The van der Waals surface area contributed by atoms with Gasteiger partial charge in [0, 0.05) is 12.1 Å². The molecule has 4 nitrogen and oxygen atoms in total. The van der Waals surface area contributed by atoms with Gasteiger partial charge in [0.2, 0.25) is 5.91 Å². The van der Waals surface area contributed by atoms with E-state index in [-0.39, 0.29) is 6.42 Å². The van der Waals surface area contributed by atoms with E-state index in [1.54, 1.807) is 24.3 Å². The number of rotatable bonds is 2. The van der Waals surface area contributed by atoms with Crippen LogP contribution in [0.2, 0.25) is 5.02 Å². The molecule has 1 aliphatic heterocycles. The predicted octanol–water partition coefficient (Wildman–Crippen LogP) is 2.68. The molecule has 0 fully saturated rings. The van der Waals surface area contributed by atoms with Crippen molar-refractivity contribution < 1.29 is 18.4 Å². The third-order valence-electron chi connectivity index (χ3n) is 3.79. The fraction of sp³-hybridized carbons (Fsp3) is 0.125. The summed E-state index contributed by atoms with van der Waals surface area (Å²) in [5.41, 5.74) is 6.17. The van der Waals surface area contributed by atoms with Gasteiger partial charge < -0.3 is 5.73 Å². The second kappa shape index (κ2) is 5.62. The summed E-state index contributed by atoms with van der Waals surface area (Å²) in [5, 5.41) is -0.765. The van der Waals surface area contributed by atoms with Crippen LogP contribution >= 0.6 is 11.6 Å². The lowest BCUT2D eigenvalue weighted by atomic mass is 10.1. The maximum Gasteiger partial charge on any atom is 0.262 e. The van der Waals surface area contributed by atoms with E-state index in [0.29, 0.717) is 5.69 Å². The van der Waals surface area contributed by atoms with E-state index in [9.17, 15) is 18.4 Å². The SMILES string of the molecule is NC(=O)[C@@H]1Cc2ccccc2N1C(=O)c1ccc(F)c(Cl)c1F. The van der Waals surface area contributed by atoms with Crippen molar-refractivity contribution in [3.05, 3.63) is 64.2 Å². The van der Waals surface area contributed by atoms with E-state index in [1.165, 1.54) is 0 Å². The molecule has 0 aromatic heterocycles. The summed E-state index contributed by atoms with van der Waals surface area (Å²) >= 11 is 5.52. The molecule has 2 aromatic carbocycles. The van der Waals surface area contributed by atoms with Crippen LogP contribution in [0.15, 0.2) is 36.4 Å². The van der Waals surface area contributed by atoms with E-state index in [4.69, 9.17) is 17.3 Å². The second-order valence-electron chi connectivity index (χ2n) is 5.15. The number of primary amides is 1. The number of benzene rings is 2. The van der Waals surface area contributed by atoms with Crippen LogP contribution in [-0.2, 0) is 11.2 Å². The van der Waals surface area contributed by atoms with E-state index in [2.05, 4.69) is 0 Å². The molecule has 118 valence electrons. The molecule has 0 aliphatic carbocycles. The lowest BCUT2D eigenvalue weighted by Gasteiger charge is -2.23. The molecule has 1 atom stereocenters. The third kappa shape index (κ3) is 2.45. The molecule has 1 heterocycles. The maximum atomic E-state index is 14.1. The standard InChI is InChI=1S/C16H11ClF2N2O2/c17-13-10(18)6-5-9(14(13)19)16(23)21-11-4-2-1-3-8(11)7-12(21)15(20)22/h1-6,12H,7H2,(H2,20,22)/t12-/m0/s1. The smallest absolute Gasteiger partial charge is 0.262 e. The van der Waals surface area contributed by atoms with Crippen LogP contribution in [0.25, 0.3) is 0 Å². The number of carbonyl (C=O) groups excluding carboxylic acids is 2. The molecule has 0 saturated heterocycles. The molecule has 0 bridgehead atoms. The number of carbonyl (C=O) groups is 2. The highest BCUT2D eigenvalue weighted by Crippen LogP contribution is 2.34. The molecule has 0 unspecified atom stereocenters. The van der Waals surface area contributed by atoms with E-state index in [0.717, 1.165) is 22.6 Å². The normalized spacial score (nSPS) is 16.3. The maximum absolute atomic E-state index is 14.1. The molecular weight excluding hydrogens is 326 g/mol. The van der Waals surface area contributed by atoms with Crippen molar-refractivity contribution in [1.29, 1.82) is 0 Å². The van der Waals surface area contributed by atoms with Crippen LogP contribution in [0.3, 0.4) is 0 Å². The Kier molecular flexibility index (Phi) is 3.77. The number of hydrogen-bond acceptors (Lipinski definition) is 2. The molecule has 7 heteroatoms. The monoisotopic (exact) mass is 336 g/mol. The van der Waals surface area contributed by atoms with Crippen molar-refractivity contribution in [2.45, 2.75) is 12.5 Å². The third-order valence-corrected chi connectivity index (χ3v) is 4.14. The number of nitrogens with two attached hydrogens (primary N) is 1. The number of nitrogens with zero attached hydrogens (tertiary/aromatic N) is 1. The van der Waals surface area contributed by atoms with Gasteiger partial charge in [-0.05, 0) is 23.8 Å². The predicted molar refractivity (Wildman–Crippen MR) is 81.3 cm³/mol. The molecule has 23 heavy (non-hydrogen) atoms. The first-order valence-electron chi connectivity index (χ1n) is 6.76. The molecule has 0 saturated carbocycles. The second-order valence-corrected chi connectivity index (χ2v) is 5.53. The van der Waals surface area contributed by atoms with E-state index in [1.807, 2.05) is 0 Å². The first kappa shape index (κ1) is 15.4. The van der Waals surface area contributed by atoms with Crippen molar-refractivity contribution in [2.75, 3.05) is 4.90 Å². The van der Waals surface area contributed by atoms with Gasteiger partial charge in [0.1, 0.15) is 16.9 Å². The molecule has 2 amide bonds. The highest BCUT2D eigenvalue weighted by Gasteiger charge is 2.38. The zero-order chi connectivity index (χ0) is 16.7. The molecule has 2 N–H and O–H groups in total. The van der Waals surface area contributed by atoms with E-state index < -0.39 is 40.1 Å². The van der Waals surface area contributed by atoms with Crippen LogP contribution in [-0.4, -0.2) is 17.9 Å². The number of fused-ring (bicyclic) bond motifs is 1. The number of halogens is 3. The topological polar surface area (TPSA) is 63.4 Å². The minimum atomic E-state index is -1.16. The van der Waals surface area contributed by atoms with Crippen molar-refractivity contribution in [3.63, 3.8) is 0 Å². The Balaban J connectivity index is 2.10. The fourth-order valence-electron chi connectivity index (χ4n) is 2.69. The lowest BCUT2D eigenvalue weighted by molar-refractivity contribution is -0.119. The number of para-hydroxylation sites is 1. The fourth-order valence-corrected chi connectivity index (χ4v) is 2.85. The minimum absolute atomic E-state index is 0.244. The Labute approximate surface area is 135 Å². The summed E-state index contributed by atoms with van der Waals surface area (Å²) in [6, 6.07) is 7.82. The van der Waals surface area contributed by atoms with Gasteiger partial charge in [0.05, 0.1) is 5.56 Å². The Morgan fingerprint density at radius 1 is 1.17 bits per heavy atom. The Morgan fingerprint density at radius 3 is 2.57 bits per heavy atom. The quantitative estimate of drug-likeness (QED) is 0.857. The first-order chi connectivity index (χ1) is 10.9. The summed E-state index contributed by atoms with van der Waals surface area (Å²) in [6.07, 6.45) is 0.244. The average Bonchev–Trinajstić information content (AvgIpc) is 2.92. The summed E-state index contributed by atoms with van der Waals surface area (Å²) < 4.78 is 27.4. The lowest BCUT2D eigenvalue weighted by Crippen LogP contribution is -2.46. The van der Waals surface area contributed by atoms with Crippen molar-refractivity contribution >= 4 is 29.1 Å². The van der Waals surface area contributed by atoms with Gasteiger partial charge in [0.25, 0.3) is 5.91 Å². The van der Waals surface area contributed by atoms with Crippen LogP contribution in [0.5, 0.6) is 0 Å². The van der Waals surface area contributed by atoms with Crippen LogP contribution in [0, 0.1) is 11.6 Å². The molecule has 3 rings (SSSR count). The molecular formula is C16H11ClF2N2O2. The van der Waals surface area contributed by atoms with Gasteiger partial charge in [-0.2, -0.15) is 0 Å². The largest absolute Gasteiger partial charge is 0.368 e. The number of hydrogen-bond donors (Lipinski definition) is 1. The van der Waals surface area contributed by atoms with Crippen LogP contribution < -0.4 is 10.6 Å². The van der Waals surface area contributed by atoms with Crippen molar-refractivity contribution in [2.24, 2.45) is 5.73 Å². The van der Waals surface area contributed by atoms with Gasteiger partial charge >= 0.3 is 0 Å².